The summed E-state index contributed by atoms with van der Waals surface area (Å²) in [5.74, 6) is 0.673. The molecule has 1 aromatic rings. The average molecular weight is 433 g/mol. The van der Waals surface area contributed by atoms with Crippen molar-refractivity contribution in [3.63, 3.8) is 0 Å². The number of hydrogen-bond acceptors (Lipinski definition) is 4. The quantitative estimate of drug-likeness (QED) is 0.540. The molecule has 2 saturated carbocycles. The van der Waals surface area contributed by atoms with Gasteiger partial charge >= 0.3 is 0 Å². The highest BCUT2D eigenvalue weighted by molar-refractivity contribution is 6.01. The van der Waals surface area contributed by atoms with E-state index in [2.05, 4.69) is 32.9 Å². The highest BCUT2D eigenvalue weighted by Gasteiger charge is 2.78. The second-order valence-corrected chi connectivity index (χ2v) is 11.0. The van der Waals surface area contributed by atoms with Crippen LogP contribution in [0.2, 0.25) is 0 Å². The Morgan fingerprint density at radius 2 is 1.94 bits per heavy atom. The summed E-state index contributed by atoms with van der Waals surface area (Å²) in [6.07, 6.45) is 11.8. The Bertz CT molecular complexity index is 1060. The minimum Gasteiger partial charge on any atom is -0.457 e. The van der Waals surface area contributed by atoms with Crippen LogP contribution < -0.4 is 4.74 Å². The van der Waals surface area contributed by atoms with E-state index in [9.17, 15) is 9.90 Å². The molecule has 0 aromatic heterocycles. The first-order chi connectivity index (χ1) is 15.2. The third kappa shape index (κ3) is 2.43. The molecular weight excluding hydrogens is 400 g/mol. The van der Waals surface area contributed by atoms with Gasteiger partial charge in [-0.15, -0.1) is 0 Å². The van der Waals surface area contributed by atoms with Crippen LogP contribution in [0.4, 0.5) is 0 Å². The van der Waals surface area contributed by atoms with Crippen LogP contribution in [0.3, 0.4) is 0 Å². The molecule has 1 heterocycles. The zero-order chi connectivity index (χ0) is 22.4. The second kappa shape index (κ2) is 6.45. The lowest BCUT2D eigenvalue weighted by atomic mass is 9.51. The highest BCUT2D eigenvalue weighted by Crippen LogP contribution is 2.70. The number of allylic oxidation sites excluding steroid dienone is 6. The van der Waals surface area contributed by atoms with E-state index in [1.807, 2.05) is 36.4 Å². The number of hydrogen-bond donors (Lipinski definition) is 1. The van der Waals surface area contributed by atoms with E-state index in [1.165, 1.54) is 11.1 Å². The van der Waals surface area contributed by atoms with E-state index >= 15 is 0 Å². The molecule has 32 heavy (non-hydrogen) atoms. The number of para-hydroxylation sites is 1. The van der Waals surface area contributed by atoms with Gasteiger partial charge in [0.05, 0.1) is 0 Å². The van der Waals surface area contributed by atoms with Gasteiger partial charge in [-0.2, -0.15) is 0 Å². The fourth-order valence-electron chi connectivity index (χ4n) is 7.78. The minimum atomic E-state index is -1.07. The Kier molecular flexibility index (Phi) is 4.12. The van der Waals surface area contributed by atoms with E-state index in [0.717, 1.165) is 31.4 Å². The molecule has 0 spiro atoms. The predicted octanol–water partition coefficient (Wildman–Crippen LogP) is 5.00. The number of aliphatic hydroxyl groups is 1. The molecule has 4 aliphatic carbocycles. The number of carbonyl (C=O) groups is 1. The lowest BCUT2D eigenvalue weighted by Crippen LogP contribution is -2.62. The Morgan fingerprint density at radius 1 is 1.19 bits per heavy atom. The molecule has 1 N–H and O–H groups in total. The zero-order valence-electron chi connectivity index (χ0n) is 19.1. The summed E-state index contributed by atoms with van der Waals surface area (Å²) in [6.45, 7) is 7.09. The largest absolute Gasteiger partial charge is 0.457 e. The van der Waals surface area contributed by atoms with Gasteiger partial charge in [0.2, 0.25) is 0 Å². The fourth-order valence-corrected chi connectivity index (χ4v) is 7.78. The number of rotatable bonds is 3. The molecule has 0 amide bonds. The smallest absolute Gasteiger partial charge is 0.264 e. The molecule has 1 aliphatic heterocycles. The number of ketones is 1. The topological polar surface area (TPSA) is 59.1 Å². The van der Waals surface area contributed by atoms with E-state index in [4.69, 9.17) is 9.47 Å². The van der Waals surface area contributed by atoms with Crippen molar-refractivity contribution >= 4 is 5.78 Å². The monoisotopic (exact) mass is 432 g/mol. The number of fused-ring (bicyclic) bond motifs is 5. The van der Waals surface area contributed by atoms with Crippen molar-refractivity contribution in [3.05, 3.63) is 65.8 Å². The fraction of sp³-hybridized carbons (Fsp3) is 0.536. The van der Waals surface area contributed by atoms with Gasteiger partial charge in [-0.3, -0.25) is 4.79 Å². The van der Waals surface area contributed by atoms with Gasteiger partial charge in [0, 0.05) is 10.8 Å². The van der Waals surface area contributed by atoms with Gasteiger partial charge in [0.25, 0.3) is 5.79 Å². The van der Waals surface area contributed by atoms with Gasteiger partial charge in [0.15, 0.2) is 5.78 Å². The Balaban J connectivity index is 1.39. The molecule has 6 rings (SSSR count). The van der Waals surface area contributed by atoms with Gasteiger partial charge in [-0.1, -0.05) is 55.3 Å². The van der Waals surface area contributed by atoms with E-state index in [1.54, 1.807) is 6.08 Å². The van der Waals surface area contributed by atoms with Crippen LogP contribution >= 0.6 is 0 Å². The van der Waals surface area contributed by atoms with Crippen molar-refractivity contribution in [3.8, 4) is 5.75 Å². The van der Waals surface area contributed by atoms with Crippen molar-refractivity contribution in [1.82, 2.24) is 0 Å². The first-order valence-corrected chi connectivity index (χ1v) is 12.0. The maximum Gasteiger partial charge on any atom is 0.264 e. The van der Waals surface area contributed by atoms with Crippen LogP contribution in [0.5, 0.6) is 5.75 Å². The first-order valence-electron chi connectivity index (χ1n) is 12.0. The molecule has 4 heteroatoms. The maximum atomic E-state index is 12.4. The SMILES string of the molecule is C[C@H]1C[C@H]2[C@@H]3CCC4=CC(=O)C=C[C@]4(C)C3=CC[C@]2(C)C1(O)C1(Oc2ccccc2)CO1. The molecular formula is C28H32O4. The summed E-state index contributed by atoms with van der Waals surface area (Å²) < 4.78 is 12.4. The molecule has 168 valence electrons. The van der Waals surface area contributed by atoms with E-state index in [0.29, 0.717) is 18.4 Å². The Hall–Kier alpha value is -2.17. The molecule has 4 nitrogen and oxygen atoms in total. The molecule has 7 atom stereocenters. The summed E-state index contributed by atoms with van der Waals surface area (Å²) in [5.41, 5.74) is 1.10. The lowest BCUT2D eigenvalue weighted by Gasteiger charge is -2.54. The highest BCUT2D eigenvalue weighted by atomic mass is 16.8. The van der Waals surface area contributed by atoms with Crippen molar-refractivity contribution in [1.29, 1.82) is 0 Å². The summed E-state index contributed by atoms with van der Waals surface area (Å²) in [6, 6.07) is 9.72. The second-order valence-electron chi connectivity index (χ2n) is 11.0. The molecule has 2 unspecified atom stereocenters. The van der Waals surface area contributed by atoms with Crippen LogP contribution in [0.15, 0.2) is 65.8 Å². The minimum absolute atomic E-state index is 0.0599. The van der Waals surface area contributed by atoms with Crippen molar-refractivity contribution in [2.45, 2.75) is 57.8 Å². The van der Waals surface area contributed by atoms with Crippen LogP contribution in [0.25, 0.3) is 0 Å². The Morgan fingerprint density at radius 3 is 2.66 bits per heavy atom. The molecule has 0 bridgehead atoms. The third-order valence-electron chi connectivity index (χ3n) is 9.54. The Labute approximate surface area is 190 Å². The number of benzene rings is 1. The predicted molar refractivity (Wildman–Crippen MR) is 122 cm³/mol. The van der Waals surface area contributed by atoms with Gasteiger partial charge in [-0.05, 0) is 74.6 Å². The van der Waals surface area contributed by atoms with Crippen LogP contribution in [0, 0.1) is 28.6 Å². The molecule has 1 saturated heterocycles. The lowest BCUT2D eigenvalue weighted by molar-refractivity contribution is -0.208. The standard InChI is InChI=1S/C28H32O4/c1-18-15-24-22-10-9-19-16-20(29)11-13-25(19,2)23(22)12-14-26(24,3)28(18,30)27(17-31-27)32-21-7-5-4-6-8-21/h4-8,11-13,16,18,22,24,30H,9-10,14-15,17H2,1-3H3/t18-,22+,24-,25-,26-,27?,28?/m0/s1. The molecule has 0 radical (unpaired) electrons. The normalized spacial score (nSPS) is 46.5. The summed E-state index contributed by atoms with van der Waals surface area (Å²) in [5, 5.41) is 12.4. The summed E-state index contributed by atoms with van der Waals surface area (Å²) >= 11 is 0. The molecule has 1 aromatic carbocycles. The average Bonchev–Trinajstić information content (AvgIpc) is 3.52. The van der Waals surface area contributed by atoms with Crippen LogP contribution in [-0.2, 0) is 9.53 Å². The van der Waals surface area contributed by atoms with E-state index < -0.39 is 11.4 Å². The van der Waals surface area contributed by atoms with Crippen molar-refractivity contribution < 1.29 is 19.4 Å². The third-order valence-corrected chi connectivity index (χ3v) is 9.54. The molecule has 5 aliphatic rings. The van der Waals surface area contributed by atoms with Gasteiger partial charge < -0.3 is 14.6 Å². The van der Waals surface area contributed by atoms with E-state index in [-0.39, 0.29) is 22.5 Å². The van der Waals surface area contributed by atoms with Crippen molar-refractivity contribution in [2.24, 2.45) is 28.6 Å². The van der Waals surface area contributed by atoms with Gasteiger partial charge in [-0.25, -0.2) is 0 Å². The summed E-state index contributed by atoms with van der Waals surface area (Å²) in [4.78, 5) is 12.0. The number of ether oxygens (including phenoxy) is 2. The number of epoxide rings is 1. The van der Waals surface area contributed by atoms with Crippen LogP contribution in [0.1, 0.15) is 46.5 Å². The van der Waals surface area contributed by atoms with Gasteiger partial charge in [0.1, 0.15) is 18.0 Å². The zero-order valence-corrected chi connectivity index (χ0v) is 19.1. The number of carbonyl (C=O) groups excluding carboxylic acids is 1. The molecule has 3 fully saturated rings. The van der Waals surface area contributed by atoms with Crippen molar-refractivity contribution in [2.75, 3.05) is 6.61 Å². The maximum absolute atomic E-state index is 12.4. The first kappa shape index (κ1) is 20.4. The van der Waals surface area contributed by atoms with Crippen LogP contribution in [-0.4, -0.2) is 28.9 Å². The summed E-state index contributed by atoms with van der Waals surface area (Å²) in [7, 11) is 0.